The molecule has 0 radical (unpaired) electrons. The highest BCUT2D eigenvalue weighted by atomic mass is 35.5. The lowest BCUT2D eigenvalue weighted by Crippen LogP contribution is -2.48. The number of nitrogens with zero attached hydrogens (tertiary/aromatic N) is 2. The Balaban J connectivity index is 1.49. The van der Waals surface area contributed by atoms with Gasteiger partial charge in [-0.15, -0.1) is 0 Å². The molecule has 3 aromatic carbocycles. The minimum absolute atomic E-state index is 0.00277. The Bertz CT molecular complexity index is 1360. The molecular formula is C32H36Cl2N6O2. The number of carbonyl (C=O) groups is 2. The summed E-state index contributed by atoms with van der Waals surface area (Å²) in [7, 11) is 0. The number of carbonyl (C=O) groups excluding carboxylic acids is 2. The third kappa shape index (κ3) is 9.08. The summed E-state index contributed by atoms with van der Waals surface area (Å²) < 4.78 is 0. The fraction of sp³-hybridized carbons (Fsp3) is 0.281. The van der Waals surface area contributed by atoms with Crippen molar-refractivity contribution in [3.8, 4) is 0 Å². The molecule has 2 amide bonds. The summed E-state index contributed by atoms with van der Waals surface area (Å²) in [6.07, 6.45) is 4.34. The van der Waals surface area contributed by atoms with Crippen LogP contribution >= 0.6 is 23.2 Å². The quantitative estimate of drug-likeness (QED) is 0.150. The molecule has 8 nitrogen and oxygen atoms in total. The van der Waals surface area contributed by atoms with Crippen molar-refractivity contribution in [2.24, 2.45) is 16.5 Å². The number of benzene rings is 3. The second-order valence-electron chi connectivity index (χ2n) is 10.2. The first-order chi connectivity index (χ1) is 20.3. The van der Waals surface area contributed by atoms with Crippen LogP contribution in [0.4, 0.5) is 0 Å². The van der Waals surface area contributed by atoms with Crippen LogP contribution in [0, 0.1) is 0 Å². The molecule has 6 N–H and O–H groups in total. The molecule has 1 fully saturated rings. The van der Waals surface area contributed by atoms with Crippen molar-refractivity contribution in [1.29, 1.82) is 0 Å². The SMILES string of the molecule is NC(N)=NC/C=C/[C@@H]1N[C@H](CNC(=O)Cc2ccc(Cl)cc2Cl)CCN(CC(c2ccccc2)c2ccccc2)C1=O. The van der Waals surface area contributed by atoms with Crippen molar-refractivity contribution in [2.45, 2.75) is 30.8 Å². The molecule has 2 atom stereocenters. The Labute approximate surface area is 256 Å². The lowest BCUT2D eigenvalue weighted by molar-refractivity contribution is -0.131. The summed E-state index contributed by atoms with van der Waals surface area (Å²) >= 11 is 12.2. The van der Waals surface area contributed by atoms with E-state index in [0.29, 0.717) is 41.7 Å². The smallest absolute Gasteiger partial charge is 0.243 e. The van der Waals surface area contributed by atoms with E-state index >= 15 is 0 Å². The van der Waals surface area contributed by atoms with Gasteiger partial charge in [0.05, 0.1) is 13.0 Å². The number of aliphatic imine (C=N–C) groups is 1. The second-order valence-corrected chi connectivity index (χ2v) is 11.0. The van der Waals surface area contributed by atoms with Crippen LogP contribution in [-0.4, -0.2) is 60.9 Å². The van der Waals surface area contributed by atoms with E-state index in [1.807, 2.05) is 41.3 Å². The van der Waals surface area contributed by atoms with Gasteiger partial charge in [-0.05, 0) is 35.2 Å². The maximum absolute atomic E-state index is 13.9. The van der Waals surface area contributed by atoms with Gasteiger partial charge in [-0.1, -0.05) is 102 Å². The summed E-state index contributed by atoms with van der Waals surface area (Å²) in [4.78, 5) is 32.5. The number of nitrogens with two attached hydrogens (primary N) is 2. The monoisotopic (exact) mass is 606 g/mol. The lowest BCUT2D eigenvalue weighted by Gasteiger charge is -2.28. The average Bonchev–Trinajstić information content (AvgIpc) is 3.13. The normalized spacial score (nSPS) is 17.3. The number of halogens is 2. The molecule has 0 saturated carbocycles. The van der Waals surface area contributed by atoms with Gasteiger partial charge in [0.25, 0.3) is 0 Å². The highest BCUT2D eigenvalue weighted by Gasteiger charge is 2.31. The van der Waals surface area contributed by atoms with Crippen LogP contribution in [0.2, 0.25) is 10.0 Å². The number of hydrogen-bond donors (Lipinski definition) is 4. The Morgan fingerprint density at radius 2 is 1.71 bits per heavy atom. The Kier molecular flexibility index (Phi) is 11.4. The third-order valence-corrected chi connectivity index (χ3v) is 7.75. The first-order valence-corrected chi connectivity index (χ1v) is 14.6. The molecule has 1 saturated heterocycles. The van der Waals surface area contributed by atoms with Crippen LogP contribution in [-0.2, 0) is 16.0 Å². The highest BCUT2D eigenvalue weighted by Crippen LogP contribution is 2.27. The zero-order chi connectivity index (χ0) is 29.9. The van der Waals surface area contributed by atoms with E-state index in [4.69, 9.17) is 34.7 Å². The van der Waals surface area contributed by atoms with Gasteiger partial charge in [-0.25, -0.2) is 4.99 Å². The Hall–Kier alpha value is -3.85. The van der Waals surface area contributed by atoms with E-state index < -0.39 is 6.04 Å². The molecule has 4 rings (SSSR count). The first kappa shape index (κ1) is 31.1. The Morgan fingerprint density at radius 3 is 2.33 bits per heavy atom. The van der Waals surface area contributed by atoms with Crippen LogP contribution in [0.15, 0.2) is 96.0 Å². The number of hydrogen-bond acceptors (Lipinski definition) is 4. The van der Waals surface area contributed by atoms with E-state index in [9.17, 15) is 9.59 Å². The third-order valence-electron chi connectivity index (χ3n) is 7.17. The van der Waals surface area contributed by atoms with Crippen molar-refractivity contribution < 1.29 is 9.59 Å². The molecule has 0 unspecified atom stereocenters. The van der Waals surface area contributed by atoms with Crippen molar-refractivity contribution in [1.82, 2.24) is 15.5 Å². The highest BCUT2D eigenvalue weighted by molar-refractivity contribution is 6.35. The molecule has 3 aromatic rings. The van der Waals surface area contributed by atoms with Gasteiger partial charge < -0.3 is 21.7 Å². The van der Waals surface area contributed by atoms with Crippen LogP contribution in [0.25, 0.3) is 0 Å². The van der Waals surface area contributed by atoms with E-state index in [1.165, 1.54) is 0 Å². The molecule has 0 bridgehead atoms. The van der Waals surface area contributed by atoms with Gasteiger partial charge >= 0.3 is 0 Å². The molecule has 10 heteroatoms. The summed E-state index contributed by atoms with van der Waals surface area (Å²) in [5, 5.41) is 7.38. The molecule has 0 aromatic heterocycles. The predicted molar refractivity (Wildman–Crippen MR) is 170 cm³/mol. The minimum Gasteiger partial charge on any atom is -0.370 e. The van der Waals surface area contributed by atoms with Gasteiger partial charge in [0.15, 0.2) is 5.96 Å². The van der Waals surface area contributed by atoms with Gasteiger partial charge in [0.1, 0.15) is 6.04 Å². The molecule has 220 valence electrons. The van der Waals surface area contributed by atoms with Crippen molar-refractivity contribution >= 4 is 41.0 Å². The van der Waals surface area contributed by atoms with Crippen molar-refractivity contribution in [3.63, 3.8) is 0 Å². The summed E-state index contributed by atoms with van der Waals surface area (Å²) in [5.41, 5.74) is 13.9. The molecule has 1 heterocycles. The largest absolute Gasteiger partial charge is 0.370 e. The average molecular weight is 608 g/mol. The second kappa shape index (κ2) is 15.4. The predicted octanol–water partition coefficient (Wildman–Crippen LogP) is 3.87. The summed E-state index contributed by atoms with van der Waals surface area (Å²) in [6.45, 7) is 1.66. The van der Waals surface area contributed by atoms with Crippen LogP contribution in [0.5, 0.6) is 0 Å². The molecule has 0 spiro atoms. The number of rotatable bonds is 11. The lowest BCUT2D eigenvalue weighted by atomic mass is 9.90. The maximum atomic E-state index is 13.9. The van der Waals surface area contributed by atoms with E-state index in [2.05, 4.69) is 39.9 Å². The van der Waals surface area contributed by atoms with E-state index in [1.54, 1.807) is 30.4 Å². The summed E-state index contributed by atoms with van der Waals surface area (Å²) in [5.74, 6) is -0.226. The number of nitrogens with one attached hydrogen (secondary N) is 2. The van der Waals surface area contributed by atoms with E-state index in [-0.39, 0.29) is 42.7 Å². The maximum Gasteiger partial charge on any atom is 0.243 e. The van der Waals surface area contributed by atoms with Gasteiger partial charge in [0.2, 0.25) is 11.8 Å². The summed E-state index contributed by atoms with van der Waals surface area (Å²) in [6, 6.07) is 24.7. The fourth-order valence-electron chi connectivity index (χ4n) is 4.99. The van der Waals surface area contributed by atoms with Gasteiger partial charge in [0, 0.05) is 41.6 Å². The number of amides is 2. The van der Waals surface area contributed by atoms with Crippen LogP contribution in [0.1, 0.15) is 29.0 Å². The zero-order valence-electron chi connectivity index (χ0n) is 23.3. The first-order valence-electron chi connectivity index (χ1n) is 13.9. The molecule has 1 aliphatic heterocycles. The Morgan fingerprint density at radius 1 is 1.05 bits per heavy atom. The minimum atomic E-state index is -0.610. The van der Waals surface area contributed by atoms with Crippen LogP contribution < -0.4 is 22.1 Å². The molecule has 0 aliphatic carbocycles. The van der Waals surface area contributed by atoms with Crippen LogP contribution in [0.3, 0.4) is 0 Å². The topological polar surface area (TPSA) is 126 Å². The number of guanidine groups is 1. The van der Waals surface area contributed by atoms with E-state index in [0.717, 1.165) is 11.1 Å². The van der Waals surface area contributed by atoms with Crippen molar-refractivity contribution in [2.75, 3.05) is 26.2 Å². The molecule has 42 heavy (non-hydrogen) atoms. The molecule has 1 aliphatic rings. The van der Waals surface area contributed by atoms with Gasteiger partial charge in [-0.3, -0.25) is 14.9 Å². The van der Waals surface area contributed by atoms with Gasteiger partial charge in [-0.2, -0.15) is 0 Å². The zero-order valence-corrected chi connectivity index (χ0v) is 24.8. The standard InChI is InChI=1S/C32H36Cl2N6O2/c33-25-14-13-24(28(34)19-25)18-30(41)38-20-26-15-17-40(31(42)29(39-26)12-7-16-37-32(35)36)21-27(22-8-3-1-4-9-22)23-10-5-2-6-11-23/h1-14,19,26-27,29,39H,15-18,20-21H2,(H,38,41)(H4,35,36,37)/b12-7+/t26-,29-/m0/s1. The van der Waals surface area contributed by atoms with Crippen molar-refractivity contribution in [3.05, 3.63) is 118 Å². The molecular weight excluding hydrogens is 571 g/mol. The fourth-order valence-corrected chi connectivity index (χ4v) is 5.47.